The third kappa shape index (κ3) is 5.66. The third-order valence-corrected chi connectivity index (χ3v) is 7.50. The molecule has 2 amide bonds. The molecular weight excluding hydrogens is 476 g/mol. The first-order valence-corrected chi connectivity index (χ1v) is 12.5. The topological polar surface area (TPSA) is 105 Å². The second-order valence-electron chi connectivity index (χ2n) is 8.76. The molecule has 0 saturated heterocycles. The number of benzene rings is 1. The summed E-state index contributed by atoms with van der Waals surface area (Å²) < 4.78 is 11.0. The van der Waals surface area contributed by atoms with Gasteiger partial charge in [-0.25, -0.2) is 4.79 Å². The van der Waals surface area contributed by atoms with E-state index < -0.39 is 6.09 Å². The normalized spacial score (nSPS) is 15.2. The Hall–Kier alpha value is -3.90. The first-order valence-electron chi connectivity index (χ1n) is 11.7. The highest BCUT2D eigenvalue weighted by atomic mass is 32.1. The maximum Gasteiger partial charge on any atom is 0.414 e. The lowest BCUT2D eigenvalue weighted by Gasteiger charge is -2.25. The van der Waals surface area contributed by atoms with E-state index in [-0.39, 0.29) is 24.3 Å². The summed E-state index contributed by atoms with van der Waals surface area (Å²) in [6.45, 7) is 1.99. The van der Waals surface area contributed by atoms with Crippen LogP contribution in [0.2, 0.25) is 0 Å². The maximum absolute atomic E-state index is 12.8. The summed E-state index contributed by atoms with van der Waals surface area (Å²) in [6.07, 6.45) is 4.53. The molecule has 0 fully saturated rings. The highest BCUT2D eigenvalue weighted by Gasteiger charge is 2.29. The fourth-order valence-electron chi connectivity index (χ4n) is 4.28. The van der Waals surface area contributed by atoms with E-state index in [2.05, 4.69) is 16.4 Å². The lowest BCUT2D eigenvalue weighted by Crippen LogP contribution is -2.33. The highest BCUT2D eigenvalue weighted by molar-refractivity contribution is 7.16. The maximum atomic E-state index is 12.8. The molecule has 36 heavy (non-hydrogen) atoms. The number of nitrogens with zero attached hydrogens (tertiary/aromatic N) is 3. The number of nitriles is 1. The molecular formula is C27H28N4O4S. The standard InChI is InChI=1S/C27H28N4O4S/c1-17(18-5-4-6-20(14-18)34-3)13-25(32)30-26-23(16-28)22-8-7-21(15-24(22)36-26)35-27(33)31(2)19-9-11-29-12-10-19/h4-6,9-12,14,17,21H,7-8,13,15H2,1-3H3,(H,30,32). The minimum absolute atomic E-state index is 0.0126. The minimum atomic E-state index is -0.438. The molecule has 0 radical (unpaired) electrons. The molecule has 2 atom stereocenters. The molecule has 0 bridgehead atoms. The van der Waals surface area contributed by atoms with Gasteiger partial charge >= 0.3 is 6.09 Å². The van der Waals surface area contributed by atoms with Gasteiger partial charge in [-0.3, -0.25) is 14.7 Å². The number of aromatic nitrogens is 1. The number of pyridine rings is 1. The number of carbonyl (C=O) groups excluding carboxylic acids is 2. The van der Waals surface area contributed by atoms with Gasteiger partial charge in [0.25, 0.3) is 0 Å². The van der Waals surface area contributed by atoms with Gasteiger partial charge in [0.2, 0.25) is 5.91 Å². The van der Waals surface area contributed by atoms with Gasteiger partial charge in [0.1, 0.15) is 22.9 Å². The zero-order chi connectivity index (χ0) is 25.7. The molecule has 2 heterocycles. The zero-order valence-electron chi connectivity index (χ0n) is 20.5. The Kier molecular flexibility index (Phi) is 7.86. The Labute approximate surface area is 214 Å². The summed E-state index contributed by atoms with van der Waals surface area (Å²) in [5.41, 5.74) is 3.16. The first-order chi connectivity index (χ1) is 17.4. The second kappa shape index (κ2) is 11.2. The molecule has 4 rings (SSSR count). The van der Waals surface area contributed by atoms with Gasteiger partial charge in [-0.15, -0.1) is 11.3 Å². The van der Waals surface area contributed by atoms with Crippen molar-refractivity contribution in [3.8, 4) is 11.8 Å². The van der Waals surface area contributed by atoms with E-state index >= 15 is 0 Å². The van der Waals surface area contributed by atoms with Crippen molar-refractivity contribution >= 4 is 34.0 Å². The smallest absolute Gasteiger partial charge is 0.414 e. The van der Waals surface area contributed by atoms with Crippen LogP contribution in [-0.2, 0) is 22.4 Å². The molecule has 1 aliphatic carbocycles. The summed E-state index contributed by atoms with van der Waals surface area (Å²) in [5.74, 6) is 0.587. The summed E-state index contributed by atoms with van der Waals surface area (Å²) in [6, 6.07) is 13.4. The van der Waals surface area contributed by atoms with Gasteiger partial charge in [0.05, 0.1) is 12.7 Å². The number of nitrogens with one attached hydrogen (secondary N) is 1. The number of anilines is 2. The number of thiophene rings is 1. The van der Waals surface area contributed by atoms with Crippen molar-refractivity contribution in [1.29, 1.82) is 5.26 Å². The van der Waals surface area contributed by atoms with Crippen LogP contribution < -0.4 is 15.0 Å². The quantitative estimate of drug-likeness (QED) is 0.469. The van der Waals surface area contributed by atoms with Crippen LogP contribution in [-0.4, -0.2) is 37.2 Å². The number of hydrogen-bond donors (Lipinski definition) is 1. The fourth-order valence-corrected chi connectivity index (χ4v) is 5.56. The third-order valence-electron chi connectivity index (χ3n) is 6.33. The number of ether oxygens (including phenoxy) is 2. The van der Waals surface area contributed by atoms with Crippen LogP contribution in [0.3, 0.4) is 0 Å². The highest BCUT2D eigenvalue weighted by Crippen LogP contribution is 2.39. The molecule has 2 aromatic heterocycles. The van der Waals surface area contributed by atoms with E-state index in [0.717, 1.165) is 21.8 Å². The van der Waals surface area contributed by atoms with Crippen LogP contribution >= 0.6 is 11.3 Å². The second-order valence-corrected chi connectivity index (χ2v) is 9.87. The van der Waals surface area contributed by atoms with Gasteiger partial charge in [-0.2, -0.15) is 5.26 Å². The molecule has 1 aliphatic rings. The minimum Gasteiger partial charge on any atom is -0.497 e. The molecule has 8 nitrogen and oxygen atoms in total. The SMILES string of the molecule is COc1cccc(C(C)CC(=O)Nc2sc3c(c2C#N)CCC(OC(=O)N(C)c2ccncc2)C3)c1. The van der Waals surface area contributed by atoms with Crippen molar-refractivity contribution in [3.05, 3.63) is 70.4 Å². The average molecular weight is 505 g/mol. The molecule has 1 N–H and O–H groups in total. The lowest BCUT2D eigenvalue weighted by atomic mass is 9.93. The Balaban J connectivity index is 1.40. The molecule has 3 aromatic rings. The first kappa shape index (κ1) is 25.2. The summed E-state index contributed by atoms with van der Waals surface area (Å²) in [4.78, 5) is 31.8. The number of hydrogen-bond acceptors (Lipinski definition) is 7. The van der Waals surface area contributed by atoms with Crippen molar-refractivity contribution in [2.24, 2.45) is 0 Å². The van der Waals surface area contributed by atoms with Crippen LogP contribution in [0.15, 0.2) is 48.8 Å². The number of rotatable bonds is 7. The van der Waals surface area contributed by atoms with Crippen LogP contribution in [0.5, 0.6) is 5.75 Å². The molecule has 9 heteroatoms. The lowest BCUT2D eigenvalue weighted by molar-refractivity contribution is -0.116. The molecule has 186 valence electrons. The van der Waals surface area contributed by atoms with Gasteiger partial charge in [0.15, 0.2) is 0 Å². The van der Waals surface area contributed by atoms with Crippen molar-refractivity contribution in [3.63, 3.8) is 0 Å². The van der Waals surface area contributed by atoms with Crippen molar-refractivity contribution < 1.29 is 19.1 Å². The van der Waals surface area contributed by atoms with E-state index in [4.69, 9.17) is 9.47 Å². The van der Waals surface area contributed by atoms with E-state index in [1.165, 1.54) is 16.2 Å². The van der Waals surface area contributed by atoms with Crippen LogP contribution in [0.4, 0.5) is 15.5 Å². The van der Waals surface area contributed by atoms with E-state index in [1.807, 2.05) is 31.2 Å². The number of methoxy groups -OCH3 is 1. The molecule has 0 spiro atoms. The van der Waals surface area contributed by atoms with Gasteiger partial charge in [0, 0.05) is 42.8 Å². The summed E-state index contributed by atoms with van der Waals surface area (Å²) in [7, 11) is 3.27. The van der Waals surface area contributed by atoms with E-state index in [9.17, 15) is 14.9 Å². The van der Waals surface area contributed by atoms with Crippen LogP contribution in [0, 0.1) is 11.3 Å². The zero-order valence-corrected chi connectivity index (χ0v) is 21.3. The van der Waals surface area contributed by atoms with Crippen LogP contribution in [0.1, 0.15) is 47.3 Å². The van der Waals surface area contributed by atoms with E-state index in [1.54, 1.807) is 38.7 Å². The number of carbonyl (C=O) groups is 2. The van der Waals surface area contributed by atoms with Crippen LogP contribution in [0.25, 0.3) is 0 Å². The predicted octanol–water partition coefficient (Wildman–Crippen LogP) is 5.29. The Morgan fingerprint density at radius 2 is 2.08 bits per heavy atom. The largest absolute Gasteiger partial charge is 0.497 e. The van der Waals surface area contributed by atoms with E-state index in [0.29, 0.717) is 35.5 Å². The van der Waals surface area contributed by atoms with Gasteiger partial charge in [-0.05, 0) is 54.2 Å². The van der Waals surface area contributed by atoms with Gasteiger partial charge < -0.3 is 14.8 Å². The Morgan fingerprint density at radius 1 is 1.31 bits per heavy atom. The average Bonchev–Trinajstić information content (AvgIpc) is 3.24. The number of fused-ring (bicyclic) bond motifs is 1. The molecule has 1 aromatic carbocycles. The number of amides is 2. The van der Waals surface area contributed by atoms with Crippen molar-refractivity contribution in [2.75, 3.05) is 24.4 Å². The van der Waals surface area contributed by atoms with Crippen molar-refractivity contribution in [2.45, 2.75) is 44.6 Å². The Bertz CT molecular complexity index is 1280. The predicted molar refractivity (Wildman–Crippen MR) is 139 cm³/mol. The molecule has 0 aliphatic heterocycles. The Morgan fingerprint density at radius 3 is 2.81 bits per heavy atom. The van der Waals surface area contributed by atoms with Crippen molar-refractivity contribution in [1.82, 2.24) is 4.98 Å². The molecule has 0 saturated carbocycles. The monoisotopic (exact) mass is 504 g/mol. The summed E-state index contributed by atoms with van der Waals surface area (Å²) >= 11 is 1.39. The molecule has 2 unspecified atom stereocenters. The summed E-state index contributed by atoms with van der Waals surface area (Å²) in [5, 5.41) is 13.3. The fraction of sp³-hybridized carbons (Fsp3) is 0.333. The van der Waals surface area contributed by atoms with Gasteiger partial charge in [-0.1, -0.05) is 19.1 Å².